The molecule has 1 aromatic carbocycles. The molecule has 0 saturated heterocycles. The van der Waals surface area contributed by atoms with E-state index in [1.807, 2.05) is 0 Å². The highest BCUT2D eigenvalue weighted by atomic mass is 35.5. The molecule has 9 heteroatoms. The van der Waals surface area contributed by atoms with Crippen LogP contribution in [0.25, 0.3) is 0 Å². The molecule has 1 amide bonds. The van der Waals surface area contributed by atoms with Crippen LogP contribution < -0.4 is 10.9 Å². The van der Waals surface area contributed by atoms with Crippen molar-refractivity contribution in [2.45, 2.75) is 20.3 Å². The topological polar surface area (TPSA) is 76.9 Å². The van der Waals surface area contributed by atoms with Gasteiger partial charge in [0.25, 0.3) is 11.5 Å². The Morgan fingerprint density at radius 2 is 2.04 bits per heavy atom. The van der Waals surface area contributed by atoms with Crippen molar-refractivity contribution in [3.8, 4) is 0 Å². The lowest BCUT2D eigenvalue weighted by Crippen LogP contribution is -2.31. The third-order valence-corrected chi connectivity index (χ3v) is 5.62. The Hall–Kier alpha value is -2.22. The highest BCUT2D eigenvalue weighted by Gasteiger charge is 2.19. The number of hydrogen-bond donors (Lipinski definition) is 1. The van der Waals surface area contributed by atoms with E-state index in [-0.39, 0.29) is 5.56 Å². The van der Waals surface area contributed by atoms with Crippen molar-refractivity contribution in [1.29, 1.82) is 0 Å². The molecule has 0 bridgehead atoms. The zero-order valence-electron chi connectivity index (χ0n) is 14.8. The van der Waals surface area contributed by atoms with Crippen LogP contribution in [0.4, 0.5) is 5.13 Å². The predicted octanol–water partition coefficient (Wildman–Crippen LogP) is 4.00. The Bertz CT molecular complexity index is 1090. The lowest BCUT2D eigenvalue weighted by atomic mass is 10.1. The van der Waals surface area contributed by atoms with Crippen molar-refractivity contribution < 1.29 is 4.79 Å². The summed E-state index contributed by atoms with van der Waals surface area (Å²) in [6, 6.07) is 5.27. The third-order valence-electron chi connectivity index (χ3n) is 4.10. The first-order valence-corrected chi connectivity index (χ1v) is 9.58. The number of amides is 1. The number of aromatic nitrogens is 3. The molecule has 6 nitrogen and oxygen atoms in total. The lowest BCUT2D eigenvalue weighted by molar-refractivity contribution is 0.102. The summed E-state index contributed by atoms with van der Waals surface area (Å²) in [5.74, 6) is -0.500. The number of rotatable bonds is 4. The quantitative estimate of drug-likeness (QED) is 0.688. The molecule has 0 aliphatic rings. The predicted molar refractivity (Wildman–Crippen MR) is 108 cm³/mol. The summed E-state index contributed by atoms with van der Waals surface area (Å²) in [6.07, 6.45) is 2.21. The van der Waals surface area contributed by atoms with E-state index in [1.165, 1.54) is 18.4 Å². The van der Waals surface area contributed by atoms with Gasteiger partial charge in [-0.3, -0.25) is 14.9 Å². The fourth-order valence-corrected chi connectivity index (χ4v) is 3.80. The highest BCUT2D eigenvalue weighted by Crippen LogP contribution is 2.27. The fourth-order valence-electron chi connectivity index (χ4n) is 2.59. The number of carbonyl (C=O) groups excluding carboxylic acids is 1. The van der Waals surface area contributed by atoms with E-state index in [2.05, 4.69) is 15.4 Å². The summed E-state index contributed by atoms with van der Waals surface area (Å²) in [6.45, 7) is 3.45. The van der Waals surface area contributed by atoms with Crippen LogP contribution in [-0.2, 0) is 13.5 Å². The minimum Gasteiger partial charge on any atom is -0.298 e. The maximum Gasteiger partial charge on any atom is 0.279 e. The number of carbonyl (C=O) groups is 1. The van der Waals surface area contributed by atoms with Gasteiger partial charge in [-0.2, -0.15) is 5.10 Å². The number of nitrogens with zero attached hydrogens (tertiary/aromatic N) is 3. The Morgan fingerprint density at radius 3 is 2.78 bits per heavy atom. The van der Waals surface area contributed by atoms with E-state index in [4.69, 9.17) is 23.2 Å². The van der Waals surface area contributed by atoms with Gasteiger partial charge in [0.05, 0.1) is 5.69 Å². The average Bonchev–Trinajstić information content (AvgIpc) is 3.03. The van der Waals surface area contributed by atoms with Crippen molar-refractivity contribution in [3.63, 3.8) is 0 Å². The molecule has 2 aromatic heterocycles. The summed E-state index contributed by atoms with van der Waals surface area (Å²) in [7, 11) is 1.52. The van der Waals surface area contributed by atoms with Crippen molar-refractivity contribution in [2.24, 2.45) is 7.05 Å². The van der Waals surface area contributed by atoms with Gasteiger partial charge in [0.1, 0.15) is 5.56 Å². The molecule has 3 aromatic rings. The molecule has 0 aliphatic carbocycles. The van der Waals surface area contributed by atoms with Gasteiger partial charge in [-0.05, 0) is 43.2 Å². The largest absolute Gasteiger partial charge is 0.298 e. The van der Waals surface area contributed by atoms with Crippen molar-refractivity contribution in [2.75, 3.05) is 5.32 Å². The first-order chi connectivity index (χ1) is 12.8. The molecule has 0 aliphatic heterocycles. The van der Waals surface area contributed by atoms with Crippen molar-refractivity contribution >= 4 is 45.6 Å². The number of anilines is 1. The van der Waals surface area contributed by atoms with Gasteiger partial charge in [-0.15, -0.1) is 11.3 Å². The molecule has 0 fully saturated rings. The molecular formula is C18H16Cl2N4O2S. The molecule has 0 atom stereocenters. The van der Waals surface area contributed by atoms with Crippen LogP contribution in [0.5, 0.6) is 0 Å². The normalized spacial score (nSPS) is 10.9. The van der Waals surface area contributed by atoms with Crippen molar-refractivity contribution in [1.82, 2.24) is 14.8 Å². The highest BCUT2D eigenvalue weighted by molar-refractivity contribution is 7.15. The van der Waals surface area contributed by atoms with E-state index >= 15 is 0 Å². The molecule has 0 saturated carbocycles. The summed E-state index contributed by atoms with van der Waals surface area (Å²) in [4.78, 5) is 30.0. The van der Waals surface area contributed by atoms with Crippen LogP contribution >= 0.6 is 34.5 Å². The molecule has 3 rings (SSSR count). The Labute approximate surface area is 169 Å². The van der Waals surface area contributed by atoms with Crippen LogP contribution in [0.15, 0.2) is 29.2 Å². The van der Waals surface area contributed by atoms with Gasteiger partial charge in [-0.1, -0.05) is 23.2 Å². The van der Waals surface area contributed by atoms with Crippen LogP contribution in [0.1, 0.15) is 32.1 Å². The van der Waals surface area contributed by atoms with E-state index < -0.39 is 11.5 Å². The summed E-state index contributed by atoms with van der Waals surface area (Å²) < 4.78 is 1.16. The van der Waals surface area contributed by atoms with Crippen LogP contribution in [-0.4, -0.2) is 20.7 Å². The zero-order chi connectivity index (χ0) is 19.7. The average molecular weight is 423 g/mol. The third kappa shape index (κ3) is 4.21. The Morgan fingerprint density at radius 1 is 1.30 bits per heavy atom. The Balaban J connectivity index is 1.81. The molecule has 0 unspecified atom stereocenters. The molecule has 1 N–H and O–H groups in total. The number of benzene rings is 1. The van der Waals surface area contributed by atoms with E-state index in [0.29, 0.717) is 32.9 Å². The monoisotopic (exact) mass is 422 g/mol. The van der Waals surface area contributed by atoms with Crippen LogP contribution in [0, 0.1) is 13.8 Å². The summed E-state index contributed by atoms with van der Waals surface area (Å²) >= 11 is 13.5. The second-order valence-electron chi connectivity index (χ2n) is 6.01. The van der Waals surface area contributed by atoms with E-state index in [1.54, 1.807) is 38.2 Å². The SMILES string of the molecule is Cc1nn(C)c(=O)c(C(=O)Nc2ncc(Cc3cc(Cl)ccc3Cl)s2)c1C. The smallest absolute Gasteiger partial charge is 0.279 e. The Kier molecular flexibility index (Phi) is 5.64. The van der Waals surface area contributed by atoms with Crippen LogP contribution in [0.3, 0.4) is 0 Å². The molecule has 0 radical (unpaired) electrons. The molecule has 140 valence electrons. The first-order valence-electron chi connectivity index (χ1n) is 8.00. The van der Waals surface area contributed by atoms with Gasteiger partial charge >= 0.3 is 0 Å². The minimum absolute atomic E-state index is 0.0691. The van der Waals surface area contributed by atoms with Gasteiger partial charge in [-0.25, -0.2) is 9.67 Å². The zero-order valence-corrected chi connectivity index (χ0v) is 17.2. The number of thiazole rings is 1. The number of hydrogen-bond acceptors (Lipinski definition) is 5. The van der Waals surface area contributed by atoms with Crippen LogP contribution in [0.2, 0.25) is 10.0 Å². The number of aryl methyl sites for hydroxylation is 2. The second kappa shape index (κ2) is 7.80. The first kappa shape index (κ1) is 19.5. The number of halogens is 2. The molecule has 2 heterocycles. The maximum absolute atomic E-state index is 12.6. The summed E-state index contributed by atoms with van der Waals surface area (Å²) in [5, 5.41) is 8.40. The lowest BCUT2D eigenvalue weighted by Gasteiger charge is -2.08. The fraction of sp³-hybridized carbons (Fsp3) is 0.222. The maximum atomic E-state index is 12.6. The molecular weight excluding hydrogens is 407 g/mol. The standard InChI is InChI=1S/C18H16Cl2N4O2S/c1-9-10(2)23-24(3)17(26)15(9)16(25)22-18-21-8-13(27-18)7-11-6-12(19)4-5-14(11)20/h4-6,8H,7H2,1-3H3,(H,21,22,25). The van der Waals surface area contributed by atoms with Gasteiger partial charge in [0, 0.05) is 34.6 Å². The van der Waals surface area contributed by atoms with E-state index in [9.17, 15) is 9.59 Å². The van der Waals surface area contributed by atoms with Gasteiger partial charge in [0.15, 0.2) is 5.13 Å². The number of nitrogens with one attached hydrogen (secondary N) is 1. The summed E-state index contributed by atoms with van der Waals surface area (Å²) in [5.41, 5.74) is 1.67. The van der Waals surface area contributed by atoms with Crippen molar-refractivity contribution in [3.05, 3.63) is 72.1 Å². The molecule has 0 spiro atoms. The second-order valence-corrected chi connectivity index (χ2v) is 7.97. The van der Waals surface area contributed by atoms with Gasteiger partial charge in [0.2, 0.25) is 0 Å². The minimum atomic E-state index is -0.500. The molecule has 27 heavy (non-hydrogen) atoms. The van der Waals surface area contributed by atoms with Gasteiger partial charge < -0.3 is 0 Å². The van der Waals surface area contributed by atoms with E-state index in [0.717, 1.165) is 15.1 Å².